The van der Waals surface area contributed by atoms with Crippen molar-refractivity contribution in [1.29, 1.82) is 5.26 Å². The van der Waals surface area contributed by atoms with Gasteiger partial charge in [0.2, 0.25) is 5.76 Å². The Morgan fingerprint density at radius 1 is 1.16 bits per heavy atom. The van der Waals surface area contributed by atoms with Gasteiger partial charge >= 0.3 is 5.97 Å². The molecule has 2 aromatic carbocycles. The molecule has 4 rings (SSSR count). The Balaban J connectivity index is 1.49. The summed E-state index contributed by atoms with van der Waals surface area (Å²) in [7, 11) is 1.51. The summed E-state index contributed by atoms with van der Waals surface area (Å²) in [4.78, 5) is 25.1. The van der Waals surface area contributed by atoms with Crippen LogP contribution in [0.5, 0.6) is 0 Å². The van der Waals surface area contributed by atoms with Crippen molar-refractivity contribution in [3.63, 3.8) is 0 Å². The third kappa shape index (κ3) is 4.08. The number of amides is 1. The monoisotopic (exact) mass is 430 g/mol. The van der Waals surface area contributed by atoms with Gasteiger partial charge in [-0.25, -0.2) is 9.48 Å². The summed E-state index contributed by atoms with van der Waals surface area (Å²) in [5.74, 6) is -1.26. The van der Waals surface area contributed by atoms with Crippen LogP contribution in [0.4, 0.5) is 5.82 Å². The molecule has 160 valence electrons. The van der Waals surface area contributed by atoms with Crippen LogP contribution in [0.15, 0.2) is 65.2 Å². The molecule has 0 aliphatic heterocycles. The van der Waals surface area contributed by atoms with Gasteiger partial charge in [-0.05, 0) is 18.2 Å². The van der Waals surface area contributed by atoms with Gasteiger partial charge in [-0.3, -0.25) is 4.79 Å². The summed E-state index contributed by atoms with van der Waals surface area (Å²) >= 11 is 0. The number of nitrogens with one attached hydrogen (secondary N) is 1. The highest BCUT2D eigenvalue weighted by Crippen LogP contribution is 2.27. The normalized spacial score (nSPS) is 10.6. The van der Waals surface area contributed by atoms with Gasteiger partial charge in [-0.1, -0.05) is 36.4 Å². The highest BCUT2D eigenvalue weighted by atomic mass is 16.5. The number of aromatic nitrogens is 2. The molecule has 0 aliphatic carbocycles. The Morgan fingerprint density at radius 2 is 1.91 bits per heavy atom. The lowest BCUT2D eigenvalue weighted by molar-refractivity contribution is -0.119. The molecule has 0 bridgehead atoms. The Hall–Kier alpha value is -4.42. The van der Waals surface area contributed by atoms with E-state index < -0.39 is 18.5 Å². The van der Waals surface area contributed by atoms with Crippen LogP contribution in [-0.4, -0.2) is 35.4 Å². The summed E-state index contributed by atoms with van der Waals surface area (Å²) in [6, 6.07) is 18.1. The van der Waals surface area contributed by atoms with E-state index in [-0.39, 0.29) is 23.7 Å². The number of benzene rings is 2. The van der Waals surface area contributed by atoms with Crippen LogP contribution < -0.4 is 5.32 Å². The van der Waals surface area contributed by atoms with Gasteiger partial charge in [0.25, 0.3) is 5.91 Å². The molecule has 0 radical (unpaired) electrons. The molecular formula is C23H18N4O5. The minimum Gasteiger partial charge on any atom is -0.450 e. The smallest absolute Gasteiger partial charge is 0.375 e. The molecule has 2 aromatic heterocycles. The van der Waals surface area contributed by atoms with Gasteiger partial charge in [0, 0.05) is 18.1 Å². The Morgan fingerprint density at radius 3 is 2.66 bits per heavy atom. The summed E-state index contributed by atoms with van der Waals surface area (Å²) in [5.41, 5.74) is 1.89. The molecule has 2 heterocycles. The summed E-state index contributed by atoms with van der Waals surface area (Å²) < 4.78 is 17.4. The number of carbonyl (C=O) groups excluding carboxylic acids is 2. The quantitative estimate of drug-likeness (QED) is 0.446. The average molecular weight is 430 g/mol. The third-order valence-electron chi connectivity index (χ3n) is 4.65. The Kier molecular flexibility index (Phi) is 5.96. The predicted molar refractivity (Wildman–Crippen MR) is 114 cm³/mol. The average Bonchev–Trinajstić information content (AvgIpc) is 3.40. The van der Waals surface area contributed by atoms with Crippen molar-refractivity contribution in [3.05, 3.63) is 77.7 Å². The number of fused-ring (bicyclic) bond motifs is 1. The number of hydrogen-bond donors (Lipinski definition) is 1. The molecule has 0 spiro atoms. The van der Waals surface area contributed by atoms with Crippen LogP contribution in [0.1, 0.15) is 21.7 Å². The van der Waals surface area contributed by atoms with Crippen LogP contribution in [-0.2, 0) is 20.9 Å². The van der Waals surface area contributed by atoms with Crippen molar-refractivity contribution in [2.45, 2.75) is 6.61 Å². The third-order valence-corrected chi connectivity index (χ3v) is 4.65. The lowest BCUT2D eigenvalue weighted by Crippen LogP contribution is -2.23. The molecule has 9 nitrogen and oxygen atoms in total. The molecule has 0 saturated carbocycles. The summed E-state index contributed by atoms with van der Waals surface area (Å²) in [5, 5.41) is 16.8. The SMILES string of the molecule is COCc1c(C(=O)OCC(=O)Nc2c(C#N)cnn2-c2ccccc2)oc2ccccc12. The maximum absolute atomic E-state index is 12.6. The molecule has 1 N–H and O–H groups in total. The number of hydrogen-bond acceptors (Lipinski definition) is 7. The second kappa shape index (κ2) is 9.16. The lowest BCUT2D eigenvalue weighted by Gasteiger charge is -2.10. The van der Waals surface area contributed by atoms with E-state index >= 15 is 0 Å². The number of nitriles is 1. The van der Waals surface area contributed by atoms with E-state index in [1.54, 1.807) is 36.4 Å². The molecule has 9 heteroatoms. The van der Waals surface area contributed by atoms with E-state index in [0.29, 0.717) is 16.8 Å². The number of ether oxygens (including phenoxy) is 2. The highest BCUT2D eigenvalue weighted by molar-refractivity contribution is 5.98. The number of carbonyl (C=O) groups is 2. The van der Waals surface area contributed by atoms with E-state index in [1.165, 1.54) is 18.0 Å². The standard InChI is InChI=1S/C23H18N4O5/c1-30-13-18-17-9-5-6-10-19(17)32-21(18)23(29)31-14-20(28)26-22-15(11-24)12-25-27(22)16-7-3-2-4-8-16/h2-10,12H,13-14H2,1H3,(H,26,28). The van der Waals surface area contributed by atoms with Crippen LogP contribution in [0.3, 0.4) is 0 Å². The molecule has 0 unspecified atom stereocenters. The van der Waals surface area contributed by atoms with Gasteiger partial charge in [-0.2, -0.15) is 10.4 Å². The minimum absolute atomic E-state index is 0.0205. The number of para-hydroxylation sites is 2. The van der Waals surface area contributed by atoms with Crippen molar-refractivity contribution in [2.75, 3.05) is 19.0 Å². The van der Waals surface area contributed by atoms with Crippen LogP contribution >= 0.6 is 0 Å². The second-order valence-electron chi connectivity index (χ2n) is 6.73. The lowest BCUT2D eigenvalue weighted by atomic mass is 10.1. The fraction of sp³-hybridized carbons (Fsp3) is 0.130. The number of nitrogens with zero attached hydrogens (tertiary/aromatic N) is 3. The molecule has 0 aliphatic rings. The molecule has 0 fully saturated rings. The fourth-order valence-electron chi connectivity index (χ4n) is 3.23. The molecule has 4 aromatic rings. The van der Waals surface area contributed by atoms with E-state index in [2.05, 4.69) is 10.4 Å². The summed E-state index contributed by atoms with van der Waals surface area (Å²) in [6.07, 6.45) is 1.35. The van der Waals surface area contributed by atoms with E-state index in [4.69, 9.17) is 13.9 Å². The summed E-state index contributed by atoms with van der Waals surface area (Å²) in [6.45, 7) is -0.428. The van der Waals surface area contributed by atoms with Crippen LogP contribution in [0.25, 0.3) is 16.7 Å². The minimum atomic E-state index is -0.791. The van der Waals surface area contributed by atoms with E-state index in [1.807, 2.05) is 24.3 Å². The molecule has 32 heavy (non-hydrogen) atoms. The molecular weight excluding hydrogens is 412 g/mol. The number of anilines is 1. The zero-order chi connectivity index (χ0) is 22.5. The second-order valence-corrected chi connectivity index (χ2v) is 6.73. The van der Waals surface area contributed by atoms with Gasteiger partial charge in [0.15, 0.2) is 12.4 Å². The fourth-order valence-corrected chi connectivity index (χ4v) is 3.23. The van der Waals surface area contributed by atoms with Gasteiger partial charge < -0.3 is 19.2 Å². The Bertz CT molecular complexity index is 1320. The molecule has 0 saturated heterocycles. The largest absolute Gasteiger partial charge is 0.450 e. The van der Waals surface area contributed by atoms with Crippen molar-refractivity contribution in [1.82, 2.24) is 9.78 Å². The van der Waals surface area contributed by atoms with Crippen molar-refractivity contribution in [2.24, 2.45) is 0 Å². The van der Waals surface area contributed by atoms with Crippen LogP contribution in [0.2, 0.25) is 0 Å². The molecule has 1 amide bonds. The first-order valence-corrected chi connectivity index (χ1v) is 9.62. The Labute approximate surface area is 182 Å². The van der Waals surface area contributed by atoms with Gasteiger partial charge in [0.05, 0.1) is 18.5 Å². The maximum Gasteiger partial charge on any atom is 0.375 e. The van der Waals surface area contributed by atoms with Gasteiger partial charge in [-0.15, -0.1) is 0 Å². The zero-order valence-corrected chi connectivity index (χ0v) is 17.1. The van der Waals surface area contributed by atoms with E-state index in [0.717, 1.165) is 5.39 Å². The zero-order valence-electron chi connectivity index (χ0n) is 17.1. The predicted octanol–water partition coefficient (Wildman–Crippen LogP) is 3.43. The first kappa shape index (κ1) is 20.8. The number of rotatable bonds is 7. The highest BCUT2D eigenvalue weighted by Gasteiger charge is 2.23. The topological polar surface area (TPSA) is 119 Å². The number of furan rings is 1. The van der Waals surface area contributed by atoms with Gasteiger partial charge in [0.1, 0.15) is 17.2 Å². The van der Waals surface area contributed by atoms with E-state index in [9.17, 15) is 14.9 Å². The van der Waals surface area contributed by atoms with Crippen molar-refractivity contribution >= 4 is 28.7 Å². The first-order valence-electron chi connectivity index (χ1n) is 9.62. The maximum atomic E-state index is 12.6. The number of esters is 1. The van der Waals surface area contributed by atoms with Crippen molar-refractivity contribution in [3.8, 4) is 11.8 Å². The molecule has 0 atom stereocenters. The number of methoxy groups -OCH3 is 1. The van der Waals surface area contributed by atoms with Crippen molar-refractivity contribution < 1.29 is 23.5 Å². The first-order chi connectivity index (χ1) is 15.6. The van der Waals surface area contributed by atoms with Crippen LogP contribution in [0, 0.1) is 11.3 Å².